The van der Waals surface area contributed by atoms with Crippen LogP contribution in [-0.2, 0) is 11.2 Å². The monoisotopic (exact) mass is 454 g/mol. The van der Waals surface area contributed by atoms with Crippen LogP contribution >= 0.6 is 15.9 Å². The first kappa shape index (κ1) is 19.2. The van der Waals surface area contributed by atoms with Gasteiger partial charge in [-0.05, 0) is 29.8 Å². The van der Waals surface area contributed by atoms with Crippen LogP contribution in [0, 0.1) is 0 Å². The predicted molar refractivity (Wildman–Crippen MR) is 112 cm³/mol. The fraction of sp³-hybridized carbons (Fsp3) is 0.190. The summed E-state index contributed by atoms with van der Waals surface area (Å²) in [4.78, 5) is 27.0. The van der Waals surface area contributed by atoms with Crippen LogP contribution in [0.5, 0.6) is 5.75 Å². The minimum absolute atomic E-state index is 0.0465. The first-order chi connectivity index (χ1) is 14.0. The van der Waals surface area contributed by atoms with Gasteiger partial charge in [0.25, 0.3) is 11.8 Å². The fourth-order valence-electron chi connectivity index (χ4n) is 3.19. The number of nitrogens with one attached hydrogen (secondary N) is 2. The molecular formula is C21H19BrN4O3. The Bertz CT molecular complexity index is 1050. The van der Waals surface area contributed by atoms with E-state index < -0.39 is 11.9 Å². The lowest BCUT2D eigenvalue weighted by molar-refractivity contribution is -0.120. The number of H-pyrrole nitrogens is 1. The van der Waals surface area contributed by atoms with E-state index in [9.17, 15) is 9.59 Å². The number of nitrogens with zero attached hydrogens (tertiary/aromatic N) is 2. The van der Waals surface area contributed by atoms with E-state index in [-0.39, 0.29) is 18.2 Å². The average Bonchev–Trinajstić information content (AvgIpc) is 3.16. The highest BCUT2D eigenvalue weighted by atomic mass is 79.9. The molecule has 7 nitrogen and oxygen atoms in total. The summed E-state index contributed by atoms with van der Waals surface area (Å²) in [5, 5.41) is 9.70. The van der Waals surface area contributed by atoms with Crippen LogP contribution in [0.2, 0.25) is 0 Å². The number of fused-ring (bicyclic) bond motifs is 1. The van der Waals surface area contributed by atoms with Crippen molar-refractivity contribution in [3.8, 4) is 5.75 Å². The number of ether oxygens (including phenoxy) is 1. The van der Waals surface area contributed by atoms with Gasteiger partial charge in [0.05, 0.1) is 5.69 Å². The summed E-state index contributed by atoms with van der Waals surface area (Å²) in [6.45, 7) is 0.0465. The van der Waals surface area contributed by atoms with Crippen molar-refractivity contribution in [2.75, 3.05) is 18.6 Å². The molecule has 0 unspecified atom stereocenters. The maximum Gasteiger partial charge on any atom is 0.272 e. The molecule has 0 saturated carbocycles. The SMILES string of the molecule is CN1C(=O)[C@@H](NC(=O)c2cc(Cc3ccccc3)[nH]n2)COc2ccc(Br)cc21. The van der Waals surface area contributed by atoms with Crippen molar-refractivity contribution >= 4 is 33.4 Å². The molecule has 29 heavy (non-hydrogen) atoms. The van der Waals surface area contributed by atoms with Crippen LogP contribution in [0.4, 0.5) is 5.69 Å². The number of hydrogen-bond donors (Lipinski definition) is 2. The van der Waals surface area contributed by atoms with Crippen molar-refractivity contribution < 1.29 is 14.3 Å². The molecule has 8 heteroatoms. The van der Waals surface area contributed by atoms with E-state index >= 15 is 0 Å². The largest absolute Gasteiger partial charge is 0.489 e. The zero-order valence-corrected chi connectivity index (χ0v) is 17.3. The maximum atomic E-state index is 12.8. The van der Waals surface area contributed by atoms with E-state index in [4.69, 9.17) is 4.74 Å². The second-order valence-corrected chi connectivity index (χ2v) is 7.70. The van der Waals surface area contributed by atoms with E-state index in [1.807, 2.05) is 36.4 Å². The Balaban J connectivity index is 1.45. The standard InChI is InChI=1S/C21H19BrN4O3/c1-26-18-10-14(22)7-8-19(18)29-12-17(21(26)28)23-20(27)16-11-15(24-25-16)9-13-5-3-2-4-6-13/h2-8,10-11,17H,9,12H2,1H3,(H,23,27)(H,24,25)/t17-/m0/s1. The highest BCUT2D eigenvalue weighted by Crippen LogP contribution is 2.33. The van der Waals surface area contributed by atoms with Gasteiger partial charge < -0.3 is 15.0 Å². The number of halogens is 1. The third kappa shape index (κ3) is 4.17. The number of anilines is 1. The van der Waals surface area contributed by atoms with E-state index in [0.29, 0.717) is 17.9 Å². The number of hydrogen-bond acceptors (Lipinski definition) is 4. The van der Waals surface area contributed by atoms with Gasteiger partial charge in [0.2, 0.25) is 0 Å². The van der Waals surface area contributed by atoms with Crippen molar-refractivity contribution in [2.24, 2.45) is 0 Å². The molecule has 2 heterocycles. The Morgan fingerprint density at radius 1 is 1.28 bits per heavy atom. The molecule has 1 aliphatic heterocycles. The number of likely N-dealkylation sites (N-methyl/N-ethyl adjacent to an activating group) is 1. The minimum Gasteiger partial charge on any atom is -0.489 e. The Morgan fingerprint density at radius 2 is 2.07 bits per heavy atom. The highest BCUT2D eigenvalue weighted by Gasteiger charge is 2.31. The molecule has 0 spiro atoms. The number of carbonyl (C=O) groups excluding carboxylic acids is 2. The lowest BCUT2D eigenvalue weighted by Gasteiger charge is -2.20. The Kier molecular flexibility index (Phi) is 5.35. The Morgan fingerprint density at radius 3 is 2.86 bits per heavy atom. The first-order valence-corrected chi connectivity index (χ1v) is 9.89. The summed E-state index contributed by atoms with van der Waals surface area (Å²) >= 11 is 3.40. The van der Waals surface area contributed by atoms with E-state index in [0.717, 1.165) is 15.7 Å². The lowest BCUT2D eigenvalue weighted by Crippen LogP contribution is -2.49. The third-order valence-corrected chi connectivity index (χ3v) is 5.22. The van der Waals surface area contributed by atoms with Crippen LogP contribution in [0.25, 0.3) is 0 Å². The van der Waals surface area contributed by atoms with Crippen molar-refractivity contribution in [3.05, 3.63) is 76.0 Å². The molecule has 1 atom stereocenters. The molecule has 0 bridgehead atoms. The van der Waals surface area contributed by atoms with Crippen molar-refractivity contribution in [1.82, 2.24) is 15.5 Å². The molecule has 148 valence electrons. The van der Waals surface area contributed by atoms with Gasteiger partial charge in [-0.3, -0.25) is 14.7 Å². The van der Waals surface area contributed by atoms with Crippen LogP contribution < -0.4 is 15.0 Å². The van der Waals surface area contributed by atoms with Crippen LogP contribution in [0.15, 0.2) is 59.1 Å². The molecule has 2 N–H and O–H groups in total. The second-order valence-electron chi connectivity index (χ2n) is 6.79. The Hall–Kier alpha value is -3.13. The van der Waals surface area contributed by atoms with Crippen molar-refractivity contribution in [2.45, 2.75) is 12.5 Å². The molecule has 0 radical (unpaired) electrons. The minimum atomic E-state index is -0.812. The molecular weight excluding hydrogens is 436 g/mol. The van der Waals surface area contributed by atoms with E-state index in [2.05, 4.69) is 31.4 Å². The summed E-state index contributed by atoms with van der Waals surface area (Å²) in [6.07, 6.45) is 0.638. The fourth-order valence-corrected chi connectivity index (χ4v) is 3.54. The van der Waals surface area contributed by atoms with Gasteiger partial charge in [-0.25, -0.2) is 0 Å². The quantitative estimate of drug-likeness (QED) is 0.634. The number of aromatic nitrogens is 2. The molecule has 1 aromatic heterocycles. The topological polar surface area (TPSA) is 87.3 Å². The summed E-state index contributed by atoms with van der Waals surface area (Å²) < 4.78 is 6.59. The smallest absolute Gasteiger partial charge is 0.272 e. The van der Waals surface area contributed by atoms with E-state index in [1.54, 1.807) is 25.2 Å². The Labute approximate surface area is 176 Å². The van der Waals surface area contributed by atoms with Gasteiger partial charge >= 0.3 is 0 Å². The number of aromatic amines is 1. The molecule has 1 aliphatic rings. The van der Waals surface area contributed by atoms with E-state index in [1.165, 1.54) is 4.90 Å². The lowest BCUT2D eigenvalue weighted by atomic mass is 10.1. The molecule has 2 amide bonds. The molecule has 0 fully saturated rings. The first-order valence-electron chi connectivity index (χ1n) is 9.10. The molecule has 4 rings (SSSR count). The number of benzene rings is 2. The molecule has 2 aromatic carbocycles. The van der Waals surface area contributed by atoms with Gasteiger partial charge in [0.15, 0.2) is 0 Å². The summed E-state index contributed by atoms with van der Waals surface area (Å²) in [7, 11) is 1.66. The average molecular weight is 455 g/mol. The summed E-state index contributed by atoms with van der Waals surface area (Å²) in [5.41, 5.74) is 2.81. The van der Waals surface area contributed by atoms with Crippen LogP contribution in [0.3, 0.4) is 0 Å². The zero-order valence-electron chi connectivity index (χ0n) is 15.7. The normalized spacial score (nSPS) is 16.0. The maximum absolute atomic E-state index is 12.8. The molecule has 0 aliphatic carbocycles. The molecule has 0 saturated heterocycles. The molecule has 3 aromatic rings. The van der Waals surface area contributed by atoms with Crippen LogP contribution in [-0.4, -0.2) is 41.7 Å². The summed E-state index contributed by atoms with van der Waals surface area (Å²) in [6, 6.07) is 16.2. The van der Waals surface area contributed by atoms with Gasteiger partial charge in [0, 0.05) is 23.6 Å². The third-order valence-electron chi connectivity index (χ3n) is 4.72. The second kappa shape index (κ2) is 8.08. The highest BCUT2D eigenvalue weighted by molar-refractivity contribution is 9.10. The van der Waals surface area contributed by atoms with Gasteiger partial charge in [0.1, 0.15) is 24.1 Å². The van der Waals surface area contributed by atoms with Gasteiger partial charge in [-0.15, -0.1) is 0 Å². The predicted octanol–water partition coefficient (Wildman–Crippen LogP) is 2.92. The number of amides is 2. The number of rotatable bonds is 4. The summed E-state index contributed by atoms with van der Waals surface area (Å²) in [5.74, 6) is -0.0935. The number of carbonyl (C=O) groups is 2. The van der Waals surface area contributed by atoms with Crippen molar-refractivity contribution in [3.63, 3.8) is 0 Å². The van der Waals surface area contributed by atoms with Gasteiger partial charge in [-0.1, -0.05) is 46.3 Å². The van der Waals surface area contributed by atoms with Crippen LogP contribution in [0.1, 0.15) is 21.7 Å². The zero-order chi connectivity index (χ0) is 20.4. The van der Waals surface area contributed by atoms with Gasteiger partial charge in [-0.2, -0.15) is 5.10 Å². The van der Waals surface area contributed by atoms with Crippen molar-refractivity contribution in [1.29, 1.82) is 0 Å².